The van der Waals surface area contributed by atoms with E-state index in [1.807, 2.05) is 18.2 Å². The predicted molar refractivity (Wildman–Crippen MR) is 88.8 cm³/mol. The van der Waals surface area contributed by atoms with Crippen LogP contribution in [0.3, 0.4) is 0 Å². The number of fused-ring (bicyclic) bond motifs is 1. The molecule has 1 fully saturated rings. The molecule has 21 heavy (non-hydrogen) atoms. The zero-order valence-corrected chi connectivity index (χ0v) is 13.8. The van der Waals surface area contributed by atoms with Crippen LogP contribution in [0.4, 0.5) is 0 Å². The van der Waals surface area contributed by atoms with Crippen molar-refractivity contribution >= 4 is 22.6 Å². The van der Waals surface area contributed by atoms with E-state index in [1.165, 1.54) is 19.3 Å². The van der Waals surface area contributed by atoms with E-state index in [4.69, 9.17) is 16.0 Å². The Hall–Kier alpha value is -0.990. The number of hydrogen-bond acceptors (Lipinski definition) is 2. The van der Waals surface area contributed by atoms with E-state index in [9.17, 15) is 0 Å². The van der Waals surface area contributed by atoms with Crippen LogP contribution >= 0.6 is 11.6 Å². The molecule has 1 N–H and O–H groups in total. The highest BCUT2D eigenvalue weighted by Crippen LogP contribution is 2.49. The van der Waals surface area contributed by atoms with Crippen molar-refractivity contribution in [3.05, 3.63) is 35.0 Å². The first-order valence-corrected chi connectivity index (χ1v) is 8.31. The van der Waals surface area contributed by atoms with Crippen LogP contribution in [0.2, 0.25) is 5.02 Å². The van der Waals surface area contributed by atoms with Gasteiger partial charge in [0.05, 0.1) is 6.04 Å². The van der Waals surface area contributed by atoms with Gasteiger partial charge in [-0.3, -0.25) is 0 Å². The minimum Gasteiger partial charge on any atom is -0.459 e. The van der Waals surface area contributed by atoms with E-state index in [1.54, 1.807) is 0 Å². The average Bonchev–Trinajstić information content (AvgIpc) is 2.98. The van der Waals surface area contributed by atoms with Crippen molar-refractivity contribution in [2.24, 2.45) is 11.3 Å². The Morgan fingerprint density at radius 2 is 2.19 bits per heavy atom. The van der Waals surface area contributed by atoms with Gasteiger partial charge in [-0.2, -0.15) is 0 Å². The second-order valence-corrected chi connectivity index (χ2v) is 7.29. The molecule has 3 heteroatoms. The van der Waals surface area contributed by atoms with Gasteiger partial charge in [0, 0.05) is 10.4 Å². The zero-order valence-electron chi connectivity index (χ0n) is 13.1. The number of rotatable bonds is 4. The van der Waals surface area contributed by atoms with Gasteiger partial charge in [0.15, 0.2) is 0 Å². The first kappa shape index (κ1) is 14.9. The van der Waals surface area contributed by atoms with Gasteiger partial charge < -0.3 is 9.73 Å². The summed E-state index contributed by atoms with van der Waals surface area (Å²) in [6.07, 6.45) is 3.87. The van der Waals surface area contributed by atoms with Gasteiger partial charge in [0.2, 0.25) is 0 Å². The summed E-state index contributed by atoms with van der Waals surface area (Å²) in [6, 6.07) is 8.28. The van der Waals surface area contributed by atoms with Crippen molar-refractivity contribution in [1.82, 2.24) is 5.32 Å². The highest BCUT2D eigenvalue weighted by molar-refractivity contribution is 6.31. The van der Waals surface area contributed by atoms with E-state index in [0.717, 1.165) is 28.3 Å². The Kier molecular flexibility index (Phi) is 4.02. The zero-order chi connectivity index (χ0) is 15.0. The lowest BCUT2D eigenvalue weighted by molar-refractivity contribution is 0.184. The fourth-order valence-electron chi connectivity index (χ4n) is 3.82. The van der Waals surface area contributed by atoms with E-state index < -0.39 is 0 Å². The third kappa shape index (κ3) is 2.84. The molecule has 0 spiro atoms. The topological polar surface area (TPSA) is 25.2 Å². The van der Waals surface area contributed by atoms with Crippen molar-refractivity contribution < 1.29 is 4.42 Å². The monoisotopic (exact) mass is 305 g/mol. The molecule has 1 aliphatic carbocycles. The summed E-state index contributed by atoms with van der Waals surface area (Å²) in [5.74, 6) is 1.67. The molecule has 2 unspecified atom stereocenters. The molecule has 2 nitrogen and oxygen atoms in total. The molecule has 1 heterocycles. The molecule has 0 aliphatic heterocycles. The van der Waals surface area contributed by atoms with E-state index >= 15 is 0 Å². The van der Waals surface area contributed by atoms with Crippen LogP contribution in [0.15, 0.2) is 28.7 Å². The Labute approximate surface area is 131 Å². The molecule has 1 aromatic carbocycles. The Morgan fingerprint density at radius 1 is 1.38 bits per heavy atom. The van der Waals surface area contributed by atoms with Crippen molar-refractivity contribution in [3.63, 3.8) is 0 Å². The van der Waals surface area contributed by atoms with Crippen molar-refractivity contribution in [2.75, 3.05) is 6.54 Å². The van der Waals surface area contributed by atoms with Gasteiger partial charge in [-0.1, -0.05) is 38.8 Å². The third-order valence-corrected chi connectivity index (χ3v) is 5.21. The molecular formula is C18H24ClNO. The Balaban J connectivity index is 1.99. The molecule has 1 saturated carbocycles. The molecule has 114 valence electrons. The molecule has 1 aliphatic rings. The van der Waals surface area contributed by atoms with Gasteiger partial charge in [-0.15, -0.1) is 0 Å². The fraction of sp³-hybridized carbons (Fsp3) is 0.556. The van der Waals surface area contributed by atoms with Gasteiger partial charge in [-0.05, 0) is 55.0 Å². The molecule has 0 radical (unpaired) electrons. The molecular weight excluding hydrogens is 282 g/mol. The summed E-state index contributed by atoms with van der Waals surface area (Å²) in [4.78, 5) is 0. The van der Waals surface area contributed by atoms with Crippen LogP contribution < -0.4 is 5.32 Å². The second kappa shape index (κ2) is 5.66. The second-order valence-electron chi connectivity index (χ2n) is 6.85. The number of nitrogens with one attached hydrogen (secondary N) is 1. The first-order chi connectivity index (χ1) is 10.0. The van der Waals surface area contributed by atoms with E-state index in [-0.39, 0.29) is 0 Å². The molecule has 0 saturated heterocycles. The summed E-state index contributed by atoms with van der Waals surface area (Å²) in [5.41, 5.74) is 1.29. The maximum absolute atomic E-state index is 6.12. The summed E-state index contributed by atoms with van der Waals surface area (Å²) >= 11 is 6.08. The summed E-state index contributed by atoms with van der Waals surface area (Å²) in [6.45, 7) is 7.88. The fourth-order valence-corrected chi connectivity index (χ4v) is 4.00. The smallest absolute Gasteiger partial charge is 0.134 e. The predicted octanol–water partition coefficient (Wildman–Crippen LogP) is 5.56. The third-order valence-electron chi connectivity index (χ3n) is 4.97. The SMILES string of the molecule is CCNC(c1cc2cc(Cl)ccc2o1)C1CCCC1(C)C. The molecule has 2 aromatic rings. The van der Waals surface area contributed by atoms with Gasteiger partial charge in [0.1, 0.15) is 11.3 Å². The first-order valence-electron chi connectivity index (χ1n) is 7.93. The van der Waals surface area contributed by atoms with Crippen molar-refractivity contribution in [2.45, 2.75) is 46.1 Å². The lowest BCUT2D eigenvalue weighted by Crippen LogP contribution is -2.33. The van der Waals surface area contributed by atoms with Gasteiger partial charge >= 0.3 is 0 Å². The van der Waals surface area contributed by atoms with Crippen LogP contribution in [-0.4, -0.2) is 6.54 Å². The number of furan rings is 1. The Bertz CT molecular complexity index is 631. The number of hydrogen-bond donors (Lipinski definition) is 1. The van der Waals surface area contributed by atoms with E-state index in [0.29, 0.717) is 17.4 Å². The standard InChI is InChI=1S/C18H24ClNO/c1-4-20-17(14-6-5-9-18(14,2)3)16-11-12-10-13(19)7-8-15(12)21-16/h7-8,10-11,14,17,20H,4-6,9H2,1-3H3. The molecule has 0 amide bonds. The Morgan fingerprint density at radius 3 is 2.86 bits per heavy atom. The largest absolute Gasteiger partial charge is 0.459 e. The average molecular weight is 306 g/mol. The molecule has 0 bridgehead atoms. The van der Waals surface area contributed by atoms with Crippen molar-refractivity contribution in [3.8, 4) is 0 Å². The quantitative estimate of drug-likeness (QED) is 0.799. The summed E-state index contributed by atoms with van der Waals surface area (Å²) in [5, 5.41) is 5.50. The van der Waals surface area contributed by atoms with Crippen LogP contribution in [0.25, 0.3) is 11.0 Å². The lowest BCUT2D eigenvalue weighted by Gasteiger charge is -2.33. The molecule has 2 atom stereocenters. The van der Waals surface area contributed by atoms with E-state index in [2.05, 4.69) is 32.2 Å². The number of halogens is 1. The molecule has 1 aromatic heterocycles. The minimum atomic E-state index is 0.290. The maximum atomic E-state index is 6.12. The van der Waals surface area contributed by atoms with Gasteiger partial charge in [-0.25, -0.2) is 0 Å². The van der Waals surface area contributed by atoms with Crippen LogP contribution in [0.1, 0.15) is 51.8 Å². The van der Waals surface area contributed by atoms with Crippen LogP contribution in [-0.2, 0) is 0 Å². The maximum Gasteiger partial charge on any atom is 0.134 e. The highest BCUT2D eigenvalue weighted by Gasteiger charge is 2.41. The lowest BCUT2D eigenvalue weighted by atomic mass is 9.76. The minimum absolute atomic E-state index is 0.290. The van der Waals surface area contributed by atoms with Crippen molar-refractivity contribution in [1.29, 1.82) is 0 Å². The van der Waals surface area contributed by atoms with Crippen LogP contribution in [0.5, 0.6) is 0 Å². The summed E-state index contributed by atoms with van der Waals surface area (Å²) in [7, 11) is 0. The van der Waals surface area contributed by atoms with Gasteiger partial charge in [0.25, 0.3) is 0 Å². The highest BCUT2D eigenvalue weighted by atomic mass is 35.5. The number of benzene rings is 1. The molecule has 3 rings (SSSR count). The summed E-state index contributed by atoms with van der Waals surface area (Å²) < 4.78 is 6.12. The van der Waals surface area contributed by atoms with Crippen LogP contribution in [0, 0.1) is 11.3 Å². The normalized spacial score (nSPS) is 22.8.